The van der Waals surface area contributed by atoms with Crippen LogP contribution in [0.15, 0.2) is 30.3 Å². The summed E-state index contributed by atoms with van der Waals surface area (Å²) in [7, 11) is 0. The summed E-state index contributed by atoms with van der Waals surface area (Å²) in [6.45, 7) is 2.40. The molecule has 0 radical (unpaired) electrons. The number of amides is 7. The van der Waals surface area contributed by atoms with Crippen LogP contribution in [0.4, 0.5) is 0 Å². The number of aliphatic hydroxyl groups excluding tert-OH is 2. The third kappa shape index (κ3) is 14.7. The van der Waals surface area contributed by atoms with Crippen molar-refractivity contribution in [2.45, 2.75) is 76.3 Å². The molecule has 272 valence electrons. The van der Waals surface area contributed by atoms with Gasteiger partial charge in [-0.1, -0.05) is 50.6 Å². The highest BCUT2D eigenvalue weighted by atomic mass is 16.4. The number of hydrogen-bond acceptors (Lipinski definition) is 11. The Bertz CT molecular complexity index is 1330. The van der Waals surface area contributed by atoms with E-state index in [2.05, 4.69) is 31.9 Å². The monoisotopic (exact) mass is 694 g/mol. The van der Waals surface area contributed by atoms with Crippen molar-refractivity contribution in [3.05, 3.63) is 35.9 Å². The molecule has 0 aliphatic rings. The number of hydrogen-bond donors (Lipinski definition) is 11. The maximum Gasteiger partial charge on any atom is 0.328 e. The van der Waals surface area contributed by atoms with Gasteiger partial charge in [0.05, 0.1) is 26.2 Å². The lowest BCUT2D eigenvalue weighted by atomic mass is 9.97. The van der Waals surface area contributed by atoms with E-state index in [0.717, 1.165) is 0 Å². The van der Waals surface area contributed by atoms with Gasteiger partial charge in [-0.3, -0.25) is 33.6 Å². The van der Waals surface area contributed by atoms with E-state index >= 15 is 0 Å². The van der Waals surface area contributed by atoms with Gasteiger partial charge in [-0.05, 0) is 18.4 Å². The van der Waals surface area contributed by atoms with Crippen LogP contribution in [0.5, 0.6) is 0 Å². The predicted molar refractivity (Wildman–Crippen MR) is 172 cm³/mol. The van der Waals surface area contributed by atoms with E-state index in [-0.39, 0.29) is 6.42 Å². The lowest BCUT2D eigenvalue weighted by Gasteiger charge is -2.26. The molecule has 0 heterocycles. The highest BCUT2D eigenvalue weighted by molar-refractivity contribution is 5.97. The molecule has 1 rings (SSSR count). The molecule has 13 N–H and O–H groups in total. The molecule has 19 heteroatoms. The van der Waals surface area contributed by atoms with Gasteiger partial charge in [0.25, 0.3) is 0 Å². The van der Waals surface area contributed by atoms with Crippen molar-refractivity contribution in [1.82, 2.24) is 31.9 Å². The second-order valence-corrected chi connectivity index (χ2v) is 11.2. The van der Waals surface area contributed by atoms with Crippen molar-refractivity contribution in [1.29, 1.82) is 0 Å². The van der Waals surface area contributed by atoms with E-state index in [0.29, 0.717) is 12.0 Å². The first-order valence-corrected chi connectivity index (χ1v) is 15.3. The van der Waals surface area contributed by atoms with Gasteiger partial charge >= 0.3 is 5.97 Å². The van der Waals surface area contributed by atoms with Crippen molar-refractivity contribution in [2.75, 3.05) is 19.8 Å². The number of carboxylic acid groups (broad SMARTS) is 1. The van der Waals surface area contributed by atoms with E-state index in [9.17, 15) is 43.5 Å². The van der Waals surface area contributed by atoms with Crippen LogP contribution in [-0.2, 0) is 44.8 Å². The van der Waals surface area contributed by atoms with Crippen LogP contribution in [-0.4, -0.2) is 119 Å². The fourth-order valence-corrected chi connectivity index (χ4v) is 4.18. The number of aliphatic hydroxyl groups is 2. The molecule has 7 atom stereocenters. The normalized spacial score (nSPS) is 15.1. The average molecular weight is 695 g/mol. The Morgan fingerprint density at radius 3 is 1.86 bits per heavy atom. The number of rotatable bonds is 21. The first kappa shape index (κ1) is 41.9. The van der Waals surface area contributed by atoms with E-state index in [4.69, 9.17) is 21.7 Å². The molecule has 0 aromatic heterocycles. The van der Waals surface area contributed by atoms with Gasteiger partial charge in [-0.2, -0.15) is 0 Å². The van der Waals surface area contributed by atoms with E-state index in [1.807, 2.05) is 0 Å². The zero-order valence-electron chi connectivity index (χ0n) is 27.4. The molecule has 0 spiro atoms. The molecule has 0 bridgehead atoms. The Hall–Kier alpha value is -5.14. The lowest BCUT2D eigenvalue weighted by molar-refractivity contribution is -0.143. The van der Waals surface area contributed by atoms with Gasteiger partial charge in [0, 0.05) is 6.42 Å². The van der Waals surface area contributed by atoms with Crippen molar-refractivity contribution < 1.29 is 53.7 Å². The summed E-state index contributed by atoms with van der Waals surface area (Å²) in [4.78, 5) is 99.5. The number of nitrogens with two attached hydrogens (primary N) is 2. The number of carboxylic acids is 1. The number of nitrogens with one attached hydrogen (secondary N) is 6. The topological polar surface area (TPSA) is 321 Å². The predicted octanol–water partition coefficient (Wildman–Crippen LogP) is -4.89. The summed E-state index contributed by atoms with van der Waals surface area (Å²) in [5, 5.41) is 41.4. The fourth-order valence-electron chi connectivity index (χ4n) is 4.18. The number of primary amides is 1. The molecule has 0 saturated heterocycles. The van der Waals surface area contributed by atoms with E-state index in [1.165, 1.54) is 6.92 Å². The van der Waals surface area contributed by atoms with Crippen LogP contribution in [0, 0.1) is 5.92 Å². The minimum atomic E-state index is -1.59. The van der Waals surface area contributed by atoms with Crippen LogP contribution in [0.2, 0.25) is 0 Å². The number of benzene rings is 1. The zero-order chi connectivity index (χ0) is 37.3. The van der Waals surface area contributed by atoms with Crippen molar-refractivity contribution >= 4 is 47.3 Å². The summed E-state index contributed by atoms with van der Waals surface area (Å²) < 4.78 is 0. The van der Waals surface area contributed by atoms with Crippen LogP contribution >= 0.6 is 0 Å². The first-order valence-electron chi connectivity index (χ1n) is 15.3. The van der Waals surface area contributed by atoms with Gasteiger partial charge in [-0.25, -0.2) is 4.79 Å². The Labute approximate surface area is 282 Å². The third-order valence-electron chi connectivity index (χ3n) is 7.27. The summed E-state index contributed by atoms with van der Waals surface area (Å²) in [6.07, 6.45) is -0.322. The smallest absolute Gasteiger partial charge is 0.328 e. The summed E-state index contributed by atoms with van der Waals surface area (Å²) in [5.41, 5.74) is 11.3. The Kier molecular flexibility index (Phi) is 17.9. The van der Waals surface area contributed by atoms with E-state index < -0.39 is 116 Å². The average Bonchev–Trinajstić information content (AvgIpc) is 3.06. The largest absolute Gasteiger partial charge is 0.480 e. The van der Waals surface area contributed by atoms with Gasteiger partial charge in [0.1, 0.15) is 36.3 Å². The van der Waals surface area contributed by atoms with Gasteiger partial charge in [0.2, 0.25) is 41.4 Å². The Morgan fingerprint density at radius 1 is 0.735 bits per heavy atom. The Morgan fingerprint density at radius 2 is 1.33 bits per heavy atom. The molecule has 0 fully saturated rings. The van der Waals surface area contributed by atoms with Gasteiger partial charge in [0.15, 0.2) is 0 Å². The zero-order valence-corrected chi connectivity index (χ0v) is 27.4. The van der Waals surface area contributed by atoms with Crippen molar-refractivity contribution in [3.63, 3.8) is 0 Å². The molecular formula is C30H46N8O11. The molecular weight excluding hydrogens is 648 g/mol. The third-order valence-corrected chi connectivity index (χ3v) is 7.27. The molecule has 49 heavy (non-hydrogen) atoms. The lowest BCUT2D eigenvalue weighted by Crippen LogP contribution is -2.58. The number of carbonyl (C=O) groups excluding carboxylic acids is 7. The second kappa shape index (κ2) is 21.0. The number of aliphatic carboxylic acids is 1. The summed E-state index contributed by atoms with van der Waals surface area (Å²) >= 11 is 0. The van der Waals surface area contributed by atoms with Crippen LogP contribution < -0.4 is 43.4 Å². The quantitative estimate of drug-likeness (QED) is 0.0577. The van der Waals surface area contributed by atoms with Gasteiger partial charge in [-0.15, -0.1) is 0 Å². The maximum atomic E-state index is 13.2. The highest BCUT2D eigenvalue weighted by Gasteiger charge is 2.32. The minimum Gasteiger partial charge on any atom is -0.480 e. The molecule has 0 unspecified atom stereocenters. The fraction of sp³-hybridized carbons (Fsp3) is 0.533. The van der Waals surface area contributed by atoms with Gasteiger partial charge < -0.3 is 58.7 Å². The first-order chi connectivity index (χ1) is 23.0. The Balaban J connectivity index is 2.98. The van der Waals surface area contributed by atoms with Crippen molar-refractivity contribution in [2.24, 2.45) is 17.4 Å². The molecule has 0 aliphatic carbocycles. The standard InChI is InChI=1S/C30H46N8O11/c1-4-15(2)24(29(47)37-21(14-40)30(48)49)38-25(43)16(3)34-23(42)12-33-27(45)19(10-17-8-6-5-7-9-17)36-28(46)20(11-22(32)41)35-26(44)18(31)13-39/h5-9,15-16,18-21,24,39-40H,4,10-14,31H2,1-3H3,(H2,32,41)(H,33,45)(H,34,42)(H,35,44)(H,36,46)(H,37,47)(H,38,43)(H,48,49)/t15-,16-,18-,19-,20-,21-,24-/m0/s1. The molecule has 1 aromatic rings. The molecule has 1 aromatic carbocycles. The highest BCUT2D eigenvalue weighted by Crippen LogP contribution is 2.09. The number of carbonyl (C=O) groups is 8. The van der Waals surface area contributed by atoms with Crippen LogP contribution in [0.3, 0.4) is 0 Å². The molecule has 0 aliphatic heterocycles. The van der Waals surface area contributed by atoms with E-state index in [1.54, 1.807) is 44.2 Å². The molecule has 19 nitrogen and oxygen atoms in total. The SMILES string of the molecule is CC[C@H](C)[C@H](NC(=O)[C@H](C)NC(=O)CNC(=O)[C@H](Cc1ccccc1)NC(=O)[C@H](CC(N)=O)NC(=O)[C@@H](N)CO)C(=O)N[C@@H](CO)C(=O)O. The van der Waals surface area contributed by atoms with Crippen LogP contribution in [0.25, 0.3) is 0 Å². The van der Waals surface area contributed by atoms with Crippen LogP contribution in [0.1, 0.15) is 39.2 Å². The summed E-state index contributed by atoms with van der Waals surface area (Å²) in [5.74, 6) is -8.13. The molecule has 0 saturated carbocycles. The molecule has 7 amide bonds. The maximum absolute atomic E-state index is 13.2. The minimum absolute atomic E-state index is 0.0791. The van der Waals surface area contributed by atoms with Crippen molar-refractivity contribution in [3.8, 4) is 0 Å². The summed E-state index contributed by atoms with van der Waals surface area (Å²) in [6, 6.07) is 0.142. The second-order valence-electron chi connectivity index (χ2n) is 11.2.